The smallest absolute Gasteiger partial charge is 0.0605 e. The van der Waals surface area contributed by atoms with Crippen LogP contribution in [-0.4, -0.2) is 46.0 Å². The first-order chi connectivity index (χ1) is 36.7. The predicted octanol–water partition coefficient (Wildman–Crippen LogP) is 25.7. The molecule has 10 heterocycles. The highest BCUT2D eigenvalue weighted by Gasteiger charge is 2.13. The third-order valence-electron chi connectivity index (χ3n) is 12.2. The standard InChI is InChI=1S/2C26H28S8.C6H12/c2*1-3-15-27-23-11-7-19(31-23)21-9-13-25(33-21)29-17-5-2-6-18-30-26-14-10-22(34-26)20-8-12-24(32-20)28-16-4-1;1-2-4-6-5-3-1/h2*7-14H,1-6,15-18H2;1-6H2. The van der Waals surface area contributed by atoms with Gasteiger partial charge in [0.15, 0.2) is 0 Å². The molecule has 0 saturated heterocycles. The van der Waals surface area contributed by atoms with Crippen LogP contribution in [0.2, 0.25) is 0 Å². The second-order valence-corrected chi connectivity index (χ2v) is 37.9. The van der Waals surface area contributed by atoms with Crippen molar-refractivity contribution in [2.24, 2.45) is 0 Å². The molecule has 0 unspecified atom stereocenters. The van der Waals surface area contributed by atoms with Crippen LogP contribution < -0.4 is 0 Å². The fourth-order valence-corrected chi connectivity index (χ4v) is 26.2. The fourth-order valence-electron chi connectivity index (χ4n) is 8.21. The van der Waals surface area contributed by atoms with Crippen molar-refractivity contribution in [3.05, 3.63) is 97.1 Å². The van der Waals surface area contributed by atoms with Crippen molar-refractivity contribution >= 4 is 185 Å². The molecule has 16 bridgehead atoms. The molecule has 11 rings (SSSR count). The van der Waals surface area contributed by atoms with Gasteiger partial charge in [-0.2, -0.15) is 0 Å². The molecule has 396 valence electrons. The SMILES string of the molecule is C1CCCCC1.c1cc2sc1SCCCCCSc1ccc(s1)-c1ccc(s1)SCCCCCSc1ccc-2s1.c1cc2sc1SCCCCCSc1ccc(s1)-c1ccc(s1)SCCCCCSc1ccc-2s1. The molecule has 74 heavy (non-hydrogen) atoms. The lowest BCUT2D eigenvalue weighted by Crippen LogP contribution is -1.85. The molecule has 1 aliphatic carbocycles. The van der Waals surface area contributed by atoms with E-state index >= 15 is 0 Å². The van der Waals surface area contributed by atoms with Crippen molar-refractivity contribution in [1.82, 2.24) is 0 Å². The van der Waals surface area contributed by atoms with Crippen molar-refractivity contribution < 1.29 is 0 Å². The number of thioether (sulfide) groups is 8. The van der Waals surface area contributed by atoms with Crippen LogP contribution in [0.1, 0.15) is 116 Å². The molecule has 0 radical (unpaired) electrons. The van der Waals surface area contributed by atoms with Crippen molar-refractivity contribution in [1.29, 1.82) is 0 Å². The molecule has 0 N–H and O–H groups in total. The molecular weight excluding hydrogens is 1210 g/mol. The zero-order valence-corrected chi connectivity index (χ0v) is 55.2. The summed E-state index contributed by atoms with van der Waals surface area (Å²) in [7, 11) is 0. The fraction of sp³-hybridized carbons (Fsp3) is 0.448. The van der Waals surface area contributed by atoms with Crippen LogP contribution in [0.4, 0.5) is 0 Å². The van der Waals surface area contributed by atoms with E-state index in [0.717, 1.165) is 0 Å². The summed E-state index contributed by atoms with van der Waals surface area (Å²) < 4.78 is 11.7. The lowest BCUT2D eigenvalue weighted by Gasteiger charge is -2.05. The Hall–Kier alpha value is 0.400. The molecular formula is C58H68S16. The number of thiophene rings is 8. The van der Waals surface area contributed by atoms with Gasteiger partial charge in [-0.3, -0.25) is 0 Å². The molecule has 0 aromatic carbocycles. The average Bonchev–Trinajstić information content (AvgIpc) is 4.28. The van der Waals surface area contributed by atoms with Gasteiger partial charge in [0.05, 0.1) is 33.7 Å². The second-order valence-electron chi connectivity index (χ2n) is 18.1. The van der Waals surface area contributed by atoms with Gasteiger partial charge in [-0.05, 0) is 194 Å². The number of fused-ring (bicyclic) bond motifs is 20. The monoisotopic (exact) mass is 1280 g/mol. The maximum Gasteiger partial charge on any atom is 0.0605 e. The number of hydrogen-bond acceptors (Lipinski definition) is 16. The Morgan fingerprint density at radius 1 is 0.149 bits per heavy atom. The minimum atomic E-state index is 1.23. The zero-order valence-electron chi connectivity index (χ0n) is 42.2. The molecule has 1 fully saturated rings. The van der Waals surface area contributed by atoms with Gasteiger partial charge < -0.3 is 0 Å². The van der Waals surface area contributed by atoms with E-state index in [1.807, 2.05) is 185 Å². The van der Waals surface area contributed by atoms with Crippen molar-refractivity contribution in [2.75, 3.05) is 46.0 Å². The van der Waals surface area contributed by atoms with E-state index in [2.05, 4.69) is 97.1 Å². The summed E-state index contributed by atoms with van der Waals surface area (Å²) in [5, 5.41) is 0. The summed E-state index contributed by atoms with van der Waals surface area (Å²) in [4.78, 5) is 11.5. The van der Waals surface area contributed by atoms with Crippen LogP contribution >= 0.6 is 185 Å². The first-order valence-electron chi connectivity index (χ1n) is 26.5. The minimum Gasteiger partial charge on any atom is -0.128 e. The summed E-state index contributed by atoms with van der Waals surface area (Å²) in [6.07, 6.45) is 24.8. The zero-order chi connectivity index (χ0) is 50.2. The van der Waals surface area contributed by atoms with Crippen molar-refractivity contribution in [2.45, 2.75) is 149 Å². The molecule has 16 heteroatoms. The van der Waals surface area contributed by atoms with Crippen LogP contribution in [0, 0.1) is 0 Å². The largest absolute Gasteiger partial charge is 0.128 e. The average molecular weight is 1280 g/mol. The third-order valence-corrected chi connectivity index (χ3v) is 32.2. The van der Waals surface area contributed by atoms with Crippen molar-refractivity contribution in [3.8, 4) is 39.0 Å². The highest BCUT2D eigenvalue weighted by Crippen LogP contribution is 2.45. The summed E-state index contributed by atoms with van der Waals surface area (Å²) in [5.41, 5.74) is 0. The molecule has 0 spiro atoms. The highest BCUT2D eigenvalue weighted by molar-refractivity contribution is 8.03. The summed E-state index contributed by atoms with van der Waals surface area (Å²) in [6, 6.07) is 37.1. The van der Waals surface area contributed by atoms with Gasteiger partial charge >= 0.3 is 0 Å². The lowest BCUT2D eigenvalue weighted by atomic mass is 10.0. The molecule has 8 aromatic heterocycles. The first kappa shape index (κ1) is 59.0. The summed E-state index contributed by atoms with van der Waals surface area (Å²) in [6.45, 7) is 0. The van der Waals surface area contributed by atoms with E-state index in [1.165, 1.54) is 234 Å². The van der Waals surface area contributed by atoms with E-state index in [9.17, 15) is 0 Å². The lowest BCUT2D eigenvalue weighted by molar-refractivity contribution is 0.504. The summed E-state index contributed by atoms with van der Waals surface area (Å²) in [5.74, 6) is 9.87. The van der Waals surface area contributed by atoms with Gasteiger partial charge in [-0.25, -0.2) is 0 Å². The van der Waals surface area contributed by atoms with Gasteiger partial charge in [-0.1, -0.05) is 64.2 Å². The Balaban J connectivity index is 0.000000163. The number of hydrogen-bond donors (Lipinski definition) is 0. The predicted molar refractivity (Wildman–Crippen MR) is 359 cm³/mol. The van der Waals surface area contributed by atoms with Crippen molar-refractivity contribution in [3.63, 3.8) is 0 Å². The van der Waals surface area contributed by atoms with E-state index in [1.54, 1.807) is 0 Å². The summed E-state index contributed by atoms with van der Waals surface area (Å²) >= 11 is 32.0. The Morgan fingerprint density at radius 2 is 0.270 bits per heavy atom. The third kappa shape index (κ3) is 20.4. The Kier molecular flexibility index (Phi) is 27.1. The van der Waals surface area contributed by atoms with Crippen LogP contribution in [0.25, 0.3) is 39.0 Å². The molecule has 3 aliphatic rings. The second kappa shape index (κ2) is 34.0. The maximum absolute atomic E-state index is 2.32. The molecule has 0 amide bonds. The van der Waals surface area contributed by atoms with Gasteiger partial charge in [0, 0.05) is 39.0 Å². The molecule has 2 aliphatic heterocycles. The van der Waals surface area contributed by atoms with Gasteiger partial charge in [0.2, 0.25) is 0 Å². The Labute approximate surface area is 509 Å². The van der Waals surface area contributed by atoms with Crippen LogP contribution in [0.5, 0.6) is 0 Å². The highest BCUT2D eigenvalue weighted by atomic mass is 32.2. The van der Waals surface area contributed by atoms with E-state index in [4.69, 9.17) is 0 Å². The van der Waals surface area contributed by atoms with Crippen LogP contribution in [0.15, 0.2) is 131 Å². The minimum absolute atomic E-state index is 1.23. The van der Waals surface area contributed by atoms with E-state index in [-0.39, 0.29) is 0 Å². The van der Waals surface area contributed by atoms with Crippen LogP contribution in [-0.2, 0) is 0 Å². The Bertz CT molecular complexity index is 2210. The van der Waals surface area contributed by atoms with Crippen LogP contribution in [0.3, 0.4) is 0 Å². The van der Waals surface area contributed by atoms with E-state index in [0.29, 0.717) is 0 Å². The number of rotatable bonds is 0. The molecule has 0 atom stereocenters. The van der Waals surface area contributed by atoms with Gasteiger partial charge in [-0.15, -0.1) is 185 Å². The molecule has 8 aromatic rings. The van der Waals surface area contributed by atoms with E-state index < -0.39 is 0 Å². The maximum atomic E-state index is 2.32. The first-order valence-corrected chi connectivity index (χ1v) is 40.9. The van der Waals surface area contributed by atoms with Gasteiger partial charge in [0.1, 0.15) is 0 Å². The normalized spacial score (nSPS) is 17.5. The molecule has 1 saturated carbocycles. The quantitative estimate of drug-likeness (QED) is 0.145. The molecule has 0 nitrogen and oxygen atoms in total. The topological polar surface area (TPSA) is 0 Å². The van der Waals surface area contributed by atoms with Gasteiger partial charge in [0.25, 0.3) is 0 Å². The Morgan fingerprint density at radius 3 is 0.405 bits per heavy atom.